The van der Waals surface area contributed by atoms with Gasteiger partial charge in [0.15, 0.2) is 0 Å². The average molecular weight is 333 g/mol. The van der Waals surface area contributed by atoms with Crippen molar-refractivity contribution < 1.29 is 24.2 Å². The molecule has 0 aliphatic rings. The molecule has 0 aliphatic heterocycles. The van der Waals surface area contributed by atoms with Crippen molar-refractivity contribution in [2.24, 2.45) is 0 Å². The van der Waals surface area contributed by atoms with E-state index in [-0.39, 0.29) is 6.42 Å². The summed E-state index contributed by atoms with van der Waals surface area (Å²) in [6.07, 6.45) is -0.176. The standard InChI is InChI=1S/C18H23NO5/c1-18(2,3)24-17(22)19-10-6-5-7-13-11-15(23-4)9-8-14(13)12-16(20)21/h8-9,11H,6,10,12H2,1-4H3,(H,19,22)(H,20,21). The number of methoxy groups -OCH3 is 1. The van der Waals surface area contributed by atoms with Crippen LogP contribution in [0.1, 0.15) is 38.3 Å². The van der Waals surface area contributed by atoms with Crippen LogP contribution in [0.25, 0.3) is 0 Å². The number of nitrogens with one attached hydrogen (secondary N) is 1. The van der Waals surface area contributed by atoms with Crippen molar-refractivity contribution in [2.45, 2.75) is 39.2 Å². The lowest BCUT2D eigenvalue weighted by Crippen LogP contribution is -2.32. The number of carboxylic acids is 1. The van der Waals surface area contributed by atoms with Gasteiger partial charge in [0.1, 0.15) is 11.4 Å². The van der Waals surface area contributed by atoms with E-state index in [4.69, 9.17) is 14.6 Å². The zero-order valence-electron chi connectivity index (χ0n) is 14.4. The van der Waals surface area contributed by atoms with E-state index in [1.165, 1.54) is 7.11 Å². The molecule has 0 radical (unpaired) electrons. The number of carboxylic acid groups (broad SMARTS) is 1. The molecule has 1 amide bonds. The zero-order valence-corrected chi connectivity index (χ0v) is 14.4. The molecule has 0 saturated heterocycles. The Kier molecular flexibility index (Phi) is 7.12. The normalized spacial score (nSPS) is 10.3. The van der Waals surface area contributed by atoms with Gasteiger partial charge in [0.05, 0.1) is 13.5 Å². The third-order valence-corrected chi connectivity index (χ3v) is 2.80. The van der Waals surface area contributed by atoms with Crippen molar-refractivity contribution in [3.05, 3.63) is 29.3 Å². The van der Waals surface area contributed by atoms with Crippen LogP contribution in [0, 0.1) is 11.8 Å². The molecule has 1 rings (SSSR count). The van der Waals surface area contributed by atoms with E-state index in [0.29, 0.717) is 29.8 Å². The number of alkyl carbamates (subject to hydrolysis) is 1. The first-order valence-corrected chi connectivity index (χ1v) is 7.55. The molecule has 0 saturated carbocycles. The third-order valence-electron chi connectivity index (χ3n) is 2.80. The SMILES string of the molecule is COc1ccc(CC(=O)O)c(C#CCCNC(=O)OC(C)(C)C)c1. The van der Waals surface area contributed by atoms with E-state index < -0.39 is 17.7 Å². The first kappa shape index (κ1) is 19.4. The second-order valence-electron chi connectivity index (χ2n) is 6.07. The summed E-state index contributed by atoms with van der Waals surface area (Å²) in [5.74, 6) is 5.54. The molecule has 0 bridgehead atoms. The van der Waals surface area contributed by atoms with E-state index in [0.717, 1.165) is 0 Å². The lowest BCUT2D eigenvalue weighted by molar-refractivity contribution is -0.136. The summed E-state index contributed by atoms with van der Waals surface area (Å²) < 4.78 is 10.2. The predicted octanol–water partition coefficient (Wildman–Crippen LogP) is 2.59. The number of aliphatic carboxylic acids is 1. The Morgan fingerprint density at radius 3 is 2.58 bits per heavy atom. The molecule has 0 spiro atoms. The van der Waals surface area contributed by atoms with E-state index in [2.05, 4.69) is 17.2 Å². The van der Waals surface area contributed by atoms with Crippen LogP contribution >= 0.6 is 0 Å². The van der Waals surface area contributed by atoms with Crippen LogP contribution in [0.3, 0.4) is 0 Å². The number of carbonyl (C=O) groups excluding carboxylic acids is 1. The summed E-state index contributed by atoms with van der Waals surface area (Å²) in [4.78, 5) is 22.4. The summed E-state index contributed by atoms with van der Waals surface area (Å²) in [5, 5.41) is 11.6. The van der Waals surface area contributed by atoms with Gasteiger partial charge in [-0.05, 0) is 38.5 Å². The van der Waals surface area contributed by atoms with Gasteiger partial charge in [-0.1, -0.05) is 17.9 Å². The maximum Gasteiger partial charge on any atom is 0.407 e. The maximum absolute atomic E-state index is 11.5. The van der Waals surface area contributed by atoms with Crippen molar-refractivity contribution in [2.75, 3.05) is 13.7 Å². The minimum absolute atomic E-state index is 0.107. The molecule has 1 aromatic carbocycles. The molecule has 2 N–H and O–H groups in total. The number of carbonyl (C=O) groups is 2. The minimum Gasteiger partial charge on any atom is -0.497 e. The van der Waals surface area contributed by atoms with Gasteiger partial charge in [-0.2, -0.15) is 0 Å². The highest BCUT2D eigenvalue weighted by Gasteiger charge is 2.15. The van der Waals surface area contributed by atoms with Gasteiger partial charge >= 0.3 is 12.1 Å². The largest absolute Gasteiger partial charge is 0.497 e. The molecular formula is C18H23NO5. The summed E-state index contributed by atoms with van der Waals surface area (Å²) in [5.41, 5.74) is 0.687. The van der Waals surface area contributed by atoms with Crippen LogP contribution in [-0.2, 0) is 16.0 Å². The highest BCUT2D eigenvalue weighted by molar-refractivity contribution is 5.71. The van der Waals surface area contributed by atoms with Crippen LogP contribution in [0.5, 0.6) is 5.75 Å². The maximum atomic E-state index is 11.5. The van der Waals surface area contributed by atoms with E-state index in [1.54, 1.807) is 39.0 Å². The van der Waals surface area contributed by atoms with Gasteiger partial charge in [-0.15, -0.1) is 0 Å². The minimum atomic E-state index is -0.921. The van der Waals surface area contributed by atoms with E-state index in [9.17, 15) is 9.59 Å². The Morgan fingerprint density at radius 2 is 2.00 bits per heavy atom. The topological polar surface area (TPSA) is 84.9 Å². The fourth-order valence-electron chi connectivity index (χ4n) is 1.81. The van der Waals surface area contributed by atoms with Crippen LogP contribution < -0.4 is 10.1 Å². The van der Waals surface area contributed by atoms with E-state index in [1.807, 2.05) is 0 Å². The van der Waals surface area contributed by atoms with Crippen LogP contribution in [0.2, 0.25) is 0 Å². The van der Waals surface area contributed by atoms with Gasteiger partial charge in [-0.25, -0.2) is 4.79 Å². The summed E-state index contributed by atoms with van der Waals surface area (Å²) in [7, 11) is 1.54. The number of hydrogen-bond donors (Lipinski definition) is 2. The first-order valence-electron chi connectivity index (χ1n) is 7.55. The molecule has 6 nitrogen and oxygen atoms in total. The number of amides is 1. The smallest absolute Gasteiger partial charge is 0.407 e. The second-order valence-corrected chi connectivity index (χ2v) is 6.07. The predicted molar refractivity (Wildman–Crippen MR) is 90.1 cm³/mol. The molecule has 24 heavy (non-hydrogen) atoms. The number of benzene rings is 1. The van der Waals surface area contributed by atoms with Crippen molar-refractivity contribution in [3.63, 3.8) is 0 Å². The molecule has 0 aliphatic carbocycles. The lowest BCUT2D eigenvalue weighted by Gasteiger charge is -2.19. The second kappa shape index (κ2) is 8.82. The van der Waals surface area contributed by atoms with E-state index >= 15 is 0 Å². The Balaban J connectivity index is 2.64. The van der Waals surface area contributed by atoms with Crippen molar-refractivity contribution in [1.29, 1.82) is 0 Å². The Hall–Kier alpha value is -2.68. The van der Waals surface area contributed by atoms with Gasteiger partial charge in [0.25, 0.3) is 0 Å². The molecule has 0 aromatic heterocycles. The monoisotopic (exact) mass is 333 g/mol. The van der Waals surface area contributed by atoms with Gasteiger partial charge < -0.3 is 19.9 Å². The van der Waals surface area contributed by atoms with Gasteiger partial charge in [0.2, 0.25) is 0 Å². The highest BCUT2D eigenvalue weighted by atomic mass is 16.6. The van der Waals surface area contributed by atoms with Gasteiger partial charge in [-0.3, -0.25) is 4.79 Å². The lowest BCUT2D eigenvalue weighted by atomic mass is 10.0. The molecule has 130 valence electrons. The Bertz CT molecular complexity index is 650. The number of ether oxygens (including phenoxy) is 2. The fourth-order valence-corrected chi connectivity index (χ4v) is 1.81. The Morgan fingerprint density at radius 1 is 1.29 bits per heavy atom. The van der Waals surface area contributed by atoms with Crippen molar-refractivity contribution in [3.8, 4) is 17.6 Å². The molecule has 6 heteroatoms. The van der Waals surface area contributed by atoms with Crippen molar-refractivity contribution in [1.82, 2.24) is 5.32 Å². The van der Waals surface area contributed by atoms with Crippen LogP contribution in [0.15, 0.2) is 18.2 Å². The zero-order chi connectivity index (χ0) is 18.2. The summed E-state index contributed by atoms with van der Waals surface area (Å²) in [6.45, 7) is 5.72. The molecule has 0 unspecified atom stereocenters. The summed E-state index contributed by atoms with van der Waals surface area (Å²) >= 11 is 0. The quantitative estimate of drug-likeness (QED) is 0.639. The molecule has 0 heterocycles. The summed E-state index contributed by atoms with van der Waals surface area (Å²) in [6, 6.07) is 5.09. The molecule has 1 aromatic rings. The van der Waals surface area contributed by atoms with Gasteiger partial charge in [0, 0.05) is 18.5 Å². The third kappa shape index (κ3) is 7.54. The van der Waals surface area contributed by atoms with Crippen LogP contribution in [-0.4, -0.2) is 36.4 Å². The van der Waals surface area contributed by atoms with Crippen LogP contribution in [0.4, 0.5) is 4.79 Å². The Labute approximate surface area is 142 Å². The van der Waals surface area contributed by atoms with Crippen molar-refractivity contribution >= 4 is 12.1 Å². The molecule has 0 atom stereocenters. The number of rotatable bonds is 5. The highest BCUT2D eigenvalue weighted by Crippen LogP contribution is 2.17. The molecule has 0 fully saturated rings. The number of hydrogen-bond acceptors (Lipinski definition) is 4. The average Bonchev–Trinajstić information content (AvgIpc) is 2.46. The fraction of sp³-hybridized carbons (Fsp3) is 0.444. The first-order chi connectivity index (χ1) is 11.2. The molecular weight excluding hydrogens is 310 g/mol.